The highest BCUT2D eigenvalue weighted by atomic mass is 127. The molecule has 1 atom stereocenters. The molecule has 1 aliphatic rings. The van der Waals surface area contributed by atoms with Crippen LogP contribution in [-0.2, 0) is 10.0 Å². The topological polar surface area (TPSA) is 46.6 Å². The van der Waals surface area contributed by atoms with Crippen molar-refractivity contribution in [3.05, 3.63) is 33.5 Å². The van der Waals surface area contributed by atoms with Crippen LogP contribution in [0.1, 0.15) is 84.5 Å². The van der Waals surface area contributed by atoms with Crippen LogP contribution in [-0.4, -0.2) is 25.9 Å². The number of halogens is 1. The zero-order chi connectivity index (χ0) is 21.3. The molecule has 0 spiro atoms. The number of ether oxygens (including phenoxy) is 1. The summed E-state index contributed by atoms with van der Waals surface area (Å²) in [6, 6.07) is 6.85. The first-order valence-electron chi connectivity index (χ1n) is 11.0. The minimum atomic E-state index is -3.57. The molecule has 4 nitrogen and oxygen atoms in total. The highest BCUT2D eigenvalue weighted by Crippen LogP contribution is 2.41. The molecule has 0 unspecified atom stereocenters. The van der Waals surface area contributed by atoms with E-state index in [1.165, 1.54) is 35.7 Å². The van der Waals surface area contributed by atoms with E-state index in [4.69, 9.17) is 4.74 Å². The van der Waals surface area contributed by atoms with E-state index in [0.717, 1.165) is 44.2 Å². The minimum Gasteiger partial charge on any atom is -0.497 e. The standard InChI is InChI=1S/C23H36INO3S/c1-4-6-8-10-12-19-18-22(24)23(13-11-9-7-5-2)25(19)29(26,27)21-16-14-20(28-3)15-17-21/h14-17,19H,4-13,18H2,1-3H3/t19-/m1/s1. The van der Waals surface area contributed by atoms with Gasteiger partial charge in [0.05, 0.1) is 12.0 Å². The Balaban J connectivity index is 2.25. The molecule has 0 saturated heterocycles. The van der Waals surface area contributed by atoms with Gasteiger partial charge in [-0.1, -0.05) is 58.8 Å². The van der Waals surface area contributed by atoms with Crippen molar-refractivity contribution in [1.29, 1.82) is 0 Å². The summed E-state index contributed by atoms with van der Waals surface area (Å²) < 4.78 is 35.4. The number of sulfonamides is 1. The fourth-order valence-corrected chi connectivity index (χ4v) is 6.91. The zero-order valence-corrected chi connectivity index (χ0v) is 21.1. The molecule has 1 heterocycles. The fourth-order valence-electron chi connectivity index (χ4n) is 3.94. The van der Waals surface area contributed by atoms with E-state index in [1.54, 1.807) is 35.7 Å². The maximum Gasteiger partial charge on any atom is 0.264 e. The molecule has 6 heteroatoms. The van der Waals surface area contributed by atoms with Crippen LogP contribution in [0.4, 0.5) is 0 Å². The van der Waals surface area contributed by atoms with E-state index < -0.39 is 10.0 Å². The second-order valence-corrected chi connectivity index (χ2v) is 11.0. The molecular formula is C23H36INO3S. The third-order valence-corrected chi connectivity index (χ3v) is 8.57. The lowest BCUT2D eigenvalue weighted by Gasteiger charge is -2.29. The average molecular weight is 534 g/mol. The molecule has 0 N–H and O–H groups in total. The van der Waals surface area contributed by atoms with Crippen molar-refractivity contribution in [2.75, 3.05) is 7.11 Å². The van der Waals surface area contributed by atoms with Crippen LogP contribution < -0.4 is 4.74 Å². The molecule has 1 aromatic rings. The van der Waals surface area contributed by atoms with E-state index in [9.17, 15) is 8.42 Å². The van der Waals surface area contributed by atoms with Crippen LogP contribution in [0.5, 0.6) is 5.75 Å². The Morgan fingerprint density at radius 1 is 1.00 bits per heavy atom. The molecule has 1 aliphatic heterocycles. The Bertz CT molecular complexity index is 759. The molecule has 1 aromatic carbocycles. The molecule has 0 saturated carbocycles. The van der Waals surface area contributed by atoms with Crippen LogP contribution in [0.15, 0.2) is 38.4 Å². The maximum atomic E-state index is 13.6. The van der Waals surface area contributed by atoms with E-state index >= 15 is 0 Å². The lowest BCUT2D eigenvalue weighted by Crippen LogP contribution is -2.36. The number of methoxy groups -OCH3 is 1. The quantitative estimate of drug-likeness (QED) is 0.202. The van der Waals surface area contributed by atoms with Crippen LogP contribution >= 0.6 is 22.6 Å². The first kappa shape index (κ1) is 24.5. The van der Waals surface area contributed by atoms with Crippen LogP contribution in [0.25, 0.3) is 0 Å². The van der Waals surface area contributed by atoms with E-state index in [1.807, 2.05) is 0 Å². The average Bonchev–Trinajstić information content (AvgIpc) is 3.04. The van der Waals surface area contributed by atoms with Crippen molar-refractivity contribution < 1.29 is 13.2 Å². The summed E-state index contributed by atoms with van der Waals surface area (Å²) in [5.41, 5.74) is 1.03. The number of rotatable bonds is 13. The van der Waals surface area contributed by atoms with Gasteiger partial charge in [-0.05, 0) is 66.1 Å². The molecule has 29 heavy (non-hydrogen) atoms. The normalized spacial score (nSPS) is 17.2. The third-order valence-electron chi connectivity index (χ3n) is 5.60. The van der Waals surface area contributed by atoms with Gasteiger partial charge in [-0.2, -0.15) is 0 Å². The van der Waals surface area contributed by atoms with Gasteiger partial charge in [0.2, 0.25) is 0 Å². The van der Waals surface area contributed by atoms with Gasteiger partial charge in [0, 0.05) is 21.7 Å². The van der Waals surface area contributed by atoms with E-state index in [0.29, 0.717) is 10.6 Å². The Kier molecular flexibility index (Phi) is 10.3. The Morgan fingerprint density at radius 2 is 1.62 bits per heavy atom. The van der Waals surface area contributed by atoms with Gasteiger partial charge in [0.25, 0.3) is 10.0 Å². The molecule has 0 aliphatic carbocycles. The van der Waals surface area contributed by atoms with Gasteiger partial charge in [0.1, 0.15) is 5.75 Å². The molecular weight excluding hydrogens is 497 g/mol. The largest absolute Gasteiger partial charge is 0.497 e. The first-order valence-corrected chi connectivity index (χ1v) is 13.5. The molecule has 0 radical (unpaired) electrons. The van der Waals surface area contributed by atoms with Crippen LogP contribution in [0, 0.1) is 0 Å². The second kappa shape index (κ2) is 12.2. The summed E-state index contributed by atoms with van der Waals surface area (Å²) in [6.45, 7) is 4.40. The molecule has 0 amide bonds. The van der Waals surface area contributed by atoms with Crippen molar-refractivity contribution in [3.63, 3.8) is 0 Å². The Hall–Kier alpha value is -0.760. The predicted octanol–water partition coefficient (Wildman–Crippen LogP) is 7.05. The number of unbranched alkanes of at least 4 members (excludes halogenated alkanes) is 6. The van der Waals surface area contributed by atoms with Crippen molar-refractivity contribution in [1.82, 2.24) is 4.31 Å². The highest BCUT2D eigenvalue weighted by Gasteiger charge is 2.38. The fraction of sp³-hybridized carbons (Fsp3) is 0.652. The molecule has 164 valence electrons. The van der Waals surface area contributed by atoms with Gasteiger partial charge in [-0.3, -0.25) is 4.31 Å². The summed E-state index contributed by atoms with van der Waals surface area (Å²) in [6.07, 6.45) is 11.9. The van der Waals surface area contributed by atoms with Crippen LogP contribution in [0.2, 0.25) is 0 Å². The second-order valence-electron chi connectivity index (χ2n) is 7.85. The monoisotopic (exact) mass is 533 g/mol. The minimum absolute atomic E-state index is 0.0482. The first-order chi connectivity index (χ1) is 14.0. The van der Waals surface area contributed by atoms with Gasteiger partial charge < -0.3 is 4.74 Å². The molecule has 0 bridgehead atoms. The van der Waals surface area contributed by atoms with Crippen molar-refractivity contribution in [2.45, 2.75) is 95.4 Å². The van der Waals surface area contributed by atoms with Crippen LogP contribution in [0.3, 0.4) is 0 Å². The third kappa shape index (κ3) is 6.61. The van der Waals surface area contributed by atoms with E-state index in [2.05, 4.69) is 36.4 Å². The number of nitrogens with zero attached hydrogens (tertiary/aromatic N) is 1. The maximum absolute atomic E-state index is 13.6. The van der Waals surface area contributed by atoms with E-state index in [-0.39, 0.29) is 6.04 Å². The zero-order valence-electron chi connectivity index (χ0n) is 18.1. The number of hydrogen-bond acceptors (Lipinski definition) is 3. The lowest BCUT2D eigenvalue weighted by atomic mass is 10.1. The molecule has 2 rings (SSSR count). The van der Waals surface area contributed by atoms with Gasteiger partial charge >= 0.3 is 0 Å². The SMILES string of the molecule is CCCCCCC1=C(I)C[C@@H](CCCCCC)N1S(=O)(=O)c1ccc(OC)cc1. The predicted molar refractivity (Wildman–Crippen MR) is 129 cm³/mol. The Labute approximate surface area is 191 Å². The summed E-state index contributed by atoms with van der Waals surface area (Å²) in [4.78, 5) is 0.356. The van der Waals surface area contributed by atoms with Crippen molar-refractivity contribution in [2.24, 2.45) is 0 Å². The number of allylic oxidation sites excluding steroid dienone is 1. The number of benzene rings is 1. The van der Waals surface area contributed by atoms with Gasteiger partial charge in [-0.15, -0.1) is 0 Å². The lowest BCUT2D eigenvalue weighted by molar-refractivity contribution is 0.363. The summed E-state index contributed by atoms with van der Waals surface area (Å²) in [7, 11) is -1.97. The summed E-state index contributed by atoms with van der Waals surface area (Å²) >= 11 is 2.38. The molecule has 0 aromatic heterocycles. The van der Waals surface area contributed by atoms with Gasteiger partial charge in [0.15, 0.2) is 0 Å². The smallest absolute Gasteiger partial charge is 0.264 e. The van der Waals surface area contributed by atoms with Gasteiger partial charge in [-0.25, -0.2) is 8.42 Å². The highest BCUT2D eigenvalue weighted by molar-refractivity contribution is 14.1. The summed E-state index contributed by atoms with van der Waals surface area (Å²) in [5, 5.41) is 0. The van der Waals surface area contributed by atoms with Crippen molar-refractivity contribution in [3.8, 4) is 5.75 Å². The van der Waals surface area contributed by atoms with Crippen molar-refractivity contribution >= 4 is 32.6 Å². The molecule has 0 fully saturated rings. The number of hydrogen-bond donors (Lipinski definition) is 0. The Morgan fingerprint density at radius 3 is 2.21 bits per heavy atom. The summed E-state index contributed by atoms with van der Waals surface area (Å²) in [5.74, 6) is 0.673.